The van der Waals surface area contributed by atoms with E-state index in [0.29, 0.717) is 5.56 Å². The highest BCUT2D eigenvalue weighted by molar-refractivity contribution is 6.21. The van der Waals surface area contributed by atoms with Crippen molar-refractivity contribution in [2.24, 2.45) is 0 Å². The molecule has 1 aromatic carbocycles. The van der Waals surface area contributed by atoms with Crippen LogP contribution >= 0.6 is 11.6 Å². The maximum absolute atomic E-state index is 11.8. The first-order valence-electron chi connectivity index (χ1n) is 5.27. The SMILES string of the molecule is O=C(NC1CCCC1Cl)c1ccccc1. The van der Waals surface area contributed by atoms with Crippen molar-refractivity contribution in [3.05, 3.63) is 35.9 Å². The molecule has 2 nitrogen and oxygen atoms in total. The average Bonchev–Trinajstić information content (AvgIpc) is 2.66. The second-order valence-electron chi connectivity index (χ2n) is 3.89. The van der Waals surface area contributed by atoms with Gasteiger partial charge in [0.2, 0.25) is 0 Å². The predicted molar refractivity (Wildman–Crippen MR) is 61.2 cm³/mol. The summed E-state index contributed by atoms with van der Waals surface area (Å²) in [5.41, 5.74) is 0.702. The largest absolute Gasteiger partial charge is 0.348 e. The smallest absolute Gasteiger partial charge is 0.251 e. The number of amides is 1. The summed E-state index contributed by atoms with van der Waals surface area (Å²) < 4.78 is 0. The Bertz CT molecular complexity index is 339. The van der Waals surface area contributed by atoms with Gasteiger partial charge in [0.15, 0.2) is 0 Å². The molecule has 1 aliphatic rings. The lowest BCUT2D eigenvalue weighted by molar-refractivity contribution is 0.0938. The molecule has 3 heteroatoms. The number of nitrogens with one attached hydrogen (secondary N) is 1. The molecule has 1 amide bonds. The molecule has 0 aromatic heterocycles. The van der Waals surface area contributed by atoms with E-state index in [0.717, 1.165) is 19.3 Å². The van der Waals surface area contributed by atoms with Crippen LogP contribution in [-0.2, 0) is 0 Å². The first-order valence-corrected chi connectivity index (χ1v) is 5.71. The standard InChI is InChI=1S/C12H14ClNO/c13-10-7-4-8-11(10)14-12(15)9-5-2-1-3-6-9/h1-3,5-6,10-11H,4,7-8H2,(H,14,15). The molecule has 1 aromatic rings. The summed E-state index contributed by atoms with van der Waals surface area (Å²) >= 11 is 6.10. The molecule has 0 saturated heterocycles. The molecular weight excluding hydrogens is 210 g/mol. The Morgan fingerprint density at radius 1 is 1.27 bits per heavy atom. The minimum absolute atomic E-state index is 0.0202. The van der Waals surface area contributed by atoms with Crippen molar-refractivity contribution >= 4 is 17.5 Å². The minimum atomic E-state index is -0.0202. The van der Waals surface area contributed by atoms with Gasteiger partial charge in [-0.25, -0.2) is 0 Å². The van der Waals surface area contributed by atoms with Crippen LogP contribution in [0.25, 0.3) is 0 Å². The number of carbonyl (C=O) groups excluding carboxylic acids is 1. The molecule has 2 atom stereocenters. The highest BCUT2D eigenvalue weighted by Crippen LogP contribution is 2.24. The van der Waals surface area contributed by atoms with Gasteiger partial charge in [-0.15, -0.1) is 11.6 Å². The zero-order chi connectivity index (χ0) is 10.7. The Labute approximate surface area is 94.6 Å². The Balaban J connectivity index is 1.98. The molecule has 1 aliphatic carbocycles. The number of hydrogen-bond acceptors (Lipinski definition) is 1. The summed E-state index contributed by atoms with van der Waals surface area (Å²) in [6, 6.07) is 9.39. The lowest BCUT2D eigenvalue weighted by atomic mass is 10.2. The summed E-state index contributed by atoms with van der Waals surface area (Å²) in [7, 11) is 0. The highest BCUT2D eigenvalue weighted by Gasteiger charge is 2.26. The predicted octanol–water partition coefficient (Wildman–Crippen LogP) is 2.58. The first kappa shape index (κ1) is 10.5. The van der Waals surface area contributed by atoms with Gasteiger partial charge in [0.05, 0.1) is 5.38 Å². The fourth-order valence-corrected chi connectivity index (χ4v) is 2.26. The summed E-state index contributed by atoms with van der Waals surface area (Å²) in [4.78, 5) is 11.8. The van der Waals surface area contributed by atoms with E-state index in [9.17, 15) is 4.79 Å². The summed E-state index contributed by atoms with van der Waals surface area (Å²) in [5, 5.41) is 3.07. The van der Waals surface area contributed by atoms with Crippen molar-refractivity contribution < 1.29 is 4.79 Å². The Morgan fingerprint density at radius 3 is 2.60 bits per heavy atom. The van der Waals surface area contributed by atoms with Crippen molar-refractivity contribution in [1.82, 2.24) is 5.32 Å². The molecular formula is C12H14ClNO. The van der Waals surface area contributed by atoms with E-state index in [1.54, 1.807) is 0 Å². The van der Waals surface area contributed by atoms with E-state index in [2.05, 4.69) is 5.32 Å². The van der Waals surface area contributed by atoms with Crippen LogP contribution in [0.5, 0.6) is 0 Å². The van der Waals surface area contributed by atoms with Crippen LogP contribution in [0.4, 0.5) is 0 Å². The maximum Gasteiger partial charge on any atom is 0.251 e. The van der Waals surface area contributed by atoms with Crippen molar-refractivity contribution in [2.45, 2.75) is 30.7 Å². The van der Waals surface area contributed by atoms with Crippen LogP contribution in [0, 0.1) is 0 Å². The number of benzene rings is 1. The van der Waals surface area contributed by atoms with Crippen LogP contribution < -0.4 is 5.32 Å². The normalized spacial score (nSPS) is 25.1. The van der Waals surface area contributed by atoms with E-state index in [1.165, 1.54) is 0 Å². The van der Waals surface area contributed by atoms with Crippen LogP contribution in [0.15, 0.2) is 30.3 Å². The maximum atomic E-state index is 11.8. The first-order chi connectivity index (χ1) is 7.27. The van der Waals surface area contributed by atoms with Crippen LogP contribution in [0.3, 0.4) is 0 Å². The number of hydrogen-bond donors (Lipinski definition) is 1. The fourth-order valence-electron chi connectivity index (χ4n) is 1.92. The van der Waals surface area contributed by atoms with Crippen LogP contribution in [0.1, 0.15) is 29.6 Å². The third-order valence-corrected chi connectivity index (χ3v) is 3.31. The van der Waals surface area contributed by atoms with E-state index in [-0.39, 0.29) is 17.3 Å². The quantitative estimate of drug-likeness (QED) is 0.768. The molecule has 0 aliphatic heterocycles. The number of halogens is 1. The molecule has 0 radical (unpaired) electrons. The summed E-state index contributed by atoms with van der Waals surface area (Å²) in [6.07, 6.45) is 3.10. The van der Waals surface area contributed by atoms with Gasteiger partial charge in [-0.3, -0.25) is 4.79 Å². The van der Waals surface area contributed by atoms with Gasteiger partial charge in [-0.1, -0.05) is 18.2 Å². The molecule has 1 saturated carbocycles. The molecule has 15 heavy (non-hydrogen) atoms. The van der Waals surface area contributed by atoms with Crippen LogP contribution in [-0.4, -0.2) is 17.3 Å². The van der Waals surface area contributed by atoms with E-state index < -0.39 is 0 Å². The zero-order valence-corrected chi connectivity index (χ0v) is 9.20. The van der Waals surface area contributed by atoms with Crippen molar-refractivity contribution in [3.8, 4) is 0 Å². The second-order valence-corrected chi connectivity index (χ2v) is 4.45. The van der Waals surface area contributed by atoms with Gasteiger partial charge in [0.25, 0.3) is 5.91 Å². The molecule has 0 heterocycles. The fraction of sp³-hybridized carbons (Fsp3) is 0.417. The van der Waals surface area contributed by atoms with E-state index in [4.69, 9.17) is 11.6 Å². The molecule has 1 fully saturated rings. The molecule has 2 unspecified atom stereocenters. The number of rotatable bonds is 2. The van der Waals surface area contributed by atoms with Crippen molar-refractivity contribution in [3.63, 3.8) is 0 Å². The summed E-state index contributed by atoms with van der Waals surface area (Å²) in [5.74, 6) is -0.0202. The van der Waals surface area contributed by atoms with Gasteiger partial charge in [0.1, 0.15) is 0 Å². The third kappa shape index (κ3) is 2.51. The monoisotopic (exact) mass is 223 g/mol. The number of carbonyl (C=O) groups is 1. The Morgan fingerprint density at radius 2 is 2.00 bits per heavy atom. The Hall–Kier alpha value is -1.02. The topological polar surface area (TPSA) is 29.1 Å². The van der Waals surface area contributed by atoms with Gasteiger partial charge < -0.3 is 5.32 Å². The number of alkyl halides is 1. The molecule has 0 spiro atoms. The Kier molecular flexibility index (Phi) is 3.27. The highest BCUT2D eigenvalue weighted by atomic mass is 35.5. The second kappa shape index (κ2) is 4.67. The molecule has 0 bridgehead atoms. The van der Waals surface area contributed by atoms with Gasteiger partial charge in [-0.2, -0.15) is 0 Å². The molecule has 1 N–H and O–H groups in total. The zero-order valence-electron chi connectivity index (χ0n) is 8.45. The lowest BCUT2D eigenvalue weighted by Crippen LogP contribution is -2.37. The van der Waals surface area contributed by atoms with Gasteiger partial charge >= 0.3 is 0 Å². The lowest BCUT2D eigenvalue weighted by Gasteiger charge is -2.15. The van der Waals surface area contributed by atoms with E-state index in [1.807, 2.05) is 30.3 Å². The van der Waals surface area contributed by atoms with Gasteiger partial charge in [0, 0.05) is 11.6 Å². The molecule has 2 rings (SSSR count). The van der Waals surface area contributed by atoms with Crippen molar-refractivity contribution in [1.29, 1.82) is 0 Å². The van der Waals surface area contributed by atoms with Crippen LogP contribution in [0.2, 0.25) is 0 Å². The average molecular weight is 224 g/mol. The molecule has 80 valence electrons. The minimum Gasteiger partial charge on any atom is -0.348 e. The third-order valence-electron chi connectivity index (χ3n) is 2.78. The van der Waals surface area contributed by atoms with Gasteiger partial charge in [-0.05, 0) is 31.4 Å². The van der Waals surface area contributed by atoms with E-state index >= 15 is 0 Å². The summed E-state index contributed by atoms with van der Waals surface area (Å²) in [6.45, 7) is 0. The van der Waals surface area contributed by atoms with Crippen molar-refractivity contribution in [2.75, 3.05) is 0 Å².